The van der Waals surface area contributed by atoms with Crippen molar-refractivity contribution in [2.45, 2.75) is 44.4 Å². The predicted octanol–water partition coefficient (Wildman–Crippen LogP) is 6.74. The highest BCUT2D eigenvalue weighted by atomic mass is 19.4. The first-order valence-corrected chi connectivity index (χ1v) is 11.0. The van der Waals surface area contributed by atoms with Gasteiger partial charge in [-0.25, -0.2) is 4.68 Å². The molecule has 6 heteroatoms. The molecule has 0 unspecified atom stereocenters. The Labute approximate surface area is 192 Å². The molecule has 0 bridgehead atoms. The van der Waals surface area contributed by atoms with Crippen LogP contribution in [0.4, 0.5) is 13.2 Å². The van der Waals surface area contributed by atoms with E-state index in [1.807, 2.05) is 43.5 Å². The van der Waals surface area contributed by atoms with Gasteiger partial charge in [0.25, 0.3) is 0 Å². The van der Waals surface area contributed by atoms with Crippen LogP contribution in [-0.4, -0.2) is 21.2 Å². The van der Waals surface area contributed by atoms with Crippen molar-refractivity contribution in [1.29, 1.82) is 0 Å². The van der Waals surface area contributed by atoms with Gasteiger partial charge in [-0.15, -0.1) is 0 Å². The molecule has 0 aliphatic carbocycles. The Morgan fingerprint density at radius 2 is 1.82 bits per heavy atom. The maximum Gasteiger partial charge on any atom is 0.416 e. The number of piperidine rings is 1. The highest BCUT2D eigenvalue weighted by molar-refractivity contribution is 5.39. The lowest BCUT2D eigenvalue weighted by Gasteiger charge is -2.40. The summed E-state index contributed by atoms with van der Waals surface area (Å²) in [5.41, 5.74) is 3.03. The van der Waals surface area contributed by atoms with Crippen LogP contribution in [0, 0.1) is 11.8 Å². The maximum atomic E-state index is 13.1. The van der Waals surface area contributed by atoms with E-state index in [9.17, 15) is 13.2 Å². The van der Waals surface area contributed by atoms with Gasteiger partial charge < -0.3 is 0 Å². The lowest BCUT2D eigenvalue weighted by Crippen LogP contribution is -2.36. The summed E-state index contributed by atoms with van der Waals surface area (Å²) in [6.07, 6.45) is 2.21. The van der Waals surface area contributed by atoms with Crippen LogP contribution >= 0.6 is 0 Å². The van der Waals surface area contributed by atoms with Crippen molar-refractivity contribution in [2.24, 2.45) is 0 Å². The molecule has 1 aliphatic heterocycles. The molecule has 2 heterocycles. The largest absolute Gasteiger partial charge is 0.416 e. The Bertz CT molecular complexity index is 1130. The minimum absolute atomic E-state index is 0.00347. The minimum atomic E-state index is -4.34. The van der Waals surface area contributed by atoms with Crippen molar-refractivity contribution < 1.29 is 13.2 Å². The van der Waals surface area contributed by atoms with Crippen LogP contribution < -0.4 is 0 Å². The van der Waals surface area contributed by atoms with E-state index in [2.05, 4.69) is 28.4 Å². The molecule has 1 aromatic heterocycles. The zero-order chi connectivity index (χ0) is 23.4. The number of alkyl halides is 3. The molecule has 0 saturated carbocycles. The molecule has 1 saturated heterocycles. The summed E-state index contributed by atoms with van der Waals surface area (Å²) in [5.74, 6) is 6.50. The van der Waals surface area contributed by atoms with Crippen LogP contribution in [0.3, 0.4) is 0 Å². The Morgan fingerprint density at radius 1 is 1.09 bits per heavy atom. The van der Waals surface area contributed by atoms with E-state index in [1.54, 1.807) is 23.0 Å². The Hall–Kier alpha value is -3.30. The van der Waals surface area contributed by atoms with Crippen molar-refractivity contribution in [3.63, 3.8) is 0 Å². The number of rotatable bonds is 4. The summed E-state index contributed by atoms with van der Waals surface area (Å²) in [6.45, 7) is 6.60. The zero-order valence-electron chi connectivity index (χ0n) is 18.5. The molecule has 2 atom stereocenters. The Balaban J connectivity index is 1.68. The second kappa shape index (κ2) is 9.68. The van der Waals surface area contributed by atoms with Crippen molar-refractivity contribution in [1.82, 2.24) is 14.7 Å². The second-order valence-electron chi connectivity index (χ2n) is 8.36. The second-order valence-corrected chi connectivity index (χ2v) is 8.36. The molecule has 1 fully saturated rings. The summed E-state index contributed by atoms with van der Waals surface area (Å²) < 4.78 is 41.0. The summed E-state index contributed by atoms with van der Waals surface area (Å²) >= 11 is 0. The van der Waals surface area contributed by atoms with Gasteiger partial charge in [-0.05, 0) is 66.8 Å². The van der Waals surface area contributed by atoms with Crippen molar-refractivity contribution in [3.05, 3.63) is 95.8 Å². The molecule has 0 amide bonds. The molecule has 0 spiro atoms. The van der Waals surface area contributed by atoms with E-state index in [1.165, 1.54) is 12.1 Å². The molecule has 0 radical (unpaired) electrons. The normalized spacial score (nSPS) is 17.8. The molecule has 2 aromatic carbocycles. The number of allylic oxidation sites excluding steroid dienone is 1. The summed E-state index contributed by atoms with van der Waals surface area (Å²) in [5, 5.41) is 4.27. The van der Waals surface area contributed by atoms with Gasteiger partial charge in [-0.1, -0.05) is 49.1 Å². The SMILES string of the molecule is C=C(C)C#C[C@H](c1ccc(-n2cccn2)cc1)N1CCCC[C@H]1c1ccc(C(F)(F)F)cc1. The number of aromatic nitrogens is 2. The Morgan fingerprint density at radius 3 is 2.42 bits per heavy atom. The fraction of sp³-hybridized carbons (Fsp3) is 0.296. The number of nitrogens with zero attached hydrogens (tertiary/aromatic N) is 3. The van der Waals surface area contributed by atoms with Crippen LogP contribution in [0.5, 0.6) is 0 Å². The van der Waals surface area contributed by atoms with Gasteiger partial charge in [-0.2, -0.15) is 18.3 Å². The predicted molar refractivity (Wildman–Crippen MR) is 124 cm³/mol. The maximum absolute atomic E-state index is 13.1. The third kappa shape index (κ3) is 5.37. The van der Waals surface area contributed by atoms with E-state index in [4.69, 9.17) is 0 Å². The summed E-state index contributed by atoms with van der Waals surface area (Å²) in [6, 6.07) is 15.4. The smallest absolute Gasteiger partial charge is 0.279 e. The first-order chi connectivity index (χ1) is 15.8. The monoisotopic (exact) mass is 449 g/mol. The van der Waals surface area contributed by atoms with Gasteiger partial charge in [-0.3, -0.25) is 4.90 Å². The van der Waals surface area contributed by atoms with Crippen LogP contribution in [0.15, 0.2) is 79.1 Å². The van der Waals surface area contributed by atoms with Crippen LogP contribution in [0.2, 0.25) is 0 Å². The van der Waals surface area contributed by atoms with Crippen LogP contribution in [0.25, 0.3) is 5.69 Å². The van der Waals surface area contributed by atoms with Crippen molar-refractivity contribution >= 4 is 0 Å². The van der Waals surface area contributed by atoms with Gasteiger partial charge in [0.2, 0.25) is 0 Å². The van der Waals surface area contributed by atoms with E-state index in [0.29, 0.717) is 0 Å². The number of halogens is 3. The van der Waals surface area contributed by atoms with Crippen molar-refractivity contribution in [2.75, 3.05) is 6.54 Å². The third-order valence-electron chi connectivity index (χ3n) is 5.90. The number of likely N-dealkylation sites (tertiary alicyclic amines) is 1. The molecule has 3 aromatic rings. The quantitative estimate of drug-likeness (QED) is 0.411. The number of benzene rings is 2. The molecule has 33 heavy (non-hydrogen) atoms. The standard InChI is InChI=1S/C27H26F3N3/c1-20(2)7-16-26(22-10-14-24(15-11-22)33-19-5-17-31-33)32-18-4-3-6-25(32)21-8-12-23(13-9-21)27(28,29)30/h5,8-15,17,19,25-26H,1,3-4,6,18H2,2H3/t25-,26+/m0/s1. The molecule has 0 N–H and O–H groups in total. The van der Waals surface area contributed by atoms with E-state index >= 15 is 0 Å². The van der Waals surface area contributed by atoms with Gasteiger partial charge in [0.1, 0.15) is 0 Å². The lowest BCUT2D eigenvalue weighted by molar-refractivity contribution is -0.137. The molecule has 4 rings (SSSR count). The molecule has 1 aliphatic rings. The third-order valence-corrected chi connectivity index (χ3v) is 5.90. The summed E-state index contributed by atoms with van der Waals surface area (Å²) in [7, 11) is 0. The fourth-order valence-corrected chi connectivity index (χ4v) is 4.30. The van der Waals surface area contributed by atoms with Crippen LogP contribution in [-0.2, 0) is 6.18 Å². The Kier molecular flexibility index (Phi) is 6.71. The zero-order valence-corrected chi connectivity index (χ0v) is 18.5. The molecular formula is C27H26F3N3. The average molecular weight is 450 g/mol. The highest BCUT2D eigenvalue weighted by Crippen LogP contribution is 2.39. The molecule has 3 nitrogen and oxygen atoms in total. The fourth-order valence-electron chi connectivity index (χ4n) is 4.30. The van der Waals surface area contributed by atoms with Gasteiger partial charge >= 0.3 is 6.18 Å². The lowest BCUT2D eigenvalue weighted by atomic mass is 9.91. The average Bonchev–Trinajstić information content (AvgIpc) is 3.34. The molecular weight excluding hydrogens is 423 g/mol. The van der Waals surface area contributed by atoms with Crippen molar-refractivity contribution in [3.8, 4) is 17.5 Å². The van der Waals surface area contributed by atoms with E-state index in [-0.39, 0.29) is 12.1 Å². The topological polar surface area (TPSA) is 21.1 Å². The molecule has 170 valence electrons. The van der Waals surface area contributed by atoms with Crippen LogP contribution in [0.1, 0.15) is 55.0 Å². The minimum Gasteiger partial charge on any atom is -0.279 e. The van der Waals surface area contributed by atoms with E-state index in [0.717, 1.165) is 48.2 Å². The first-order valence-electron chi connectivity index (χ1n) is 11.0. The number of hydrogen-bond donors (Lipinski definition) is 0. The first kappa shape index (κ1) is 22.9. The summed E-state index contributed by atoms with van der Waals surface area (Å²) in [4.78, 5) is 2.31. The highest BCUT2D eigenvalue weighted by Gasteiger charge is 2.33. The number of hydrogen-bond acceptors (Lipinski definition) is 2. The van der Waals surface area contributed by atoms with E-state index < -0.39 is 11.7 Å². The van der Waals surface area contributed by atoms with Gasteiger partial charge in [0.15, 0.2) is 0 Å². The van der Waals surface area contributed by atoms with Gasteiger partial charge in [0, 0.05) is 25.0 Å². The van der Waals surface area contributed by atoms with Gasteiger partial charge in [0.05, 0.1) is 17.3 Å².